The fourth-order valence-electron chi connectivity index (χ4n) is 3.00. The van der Waals surface area contributed by atoms with Crippen LogP contribution in [0.25, 0.3) is 10.9 Å². The molecule has 0 aliphatic carbocycles. The van der Waals surface area contributed by atoms with Crippen molar-refractivity contribution in [1.82, 2.24) is 4.98 Å². The van der Waals surface area contributed by atoms with Gasteiger partial charge in [0.25, 0.3) is 0 Å². The lowest BCUT2D eigenvalue weighted by atomic mass is 9.97. The van der Waals surface area contributed by atoms with Crippen LogP contribution in [0.4, 0.5) is 0 Å². The number of benzene rings is 1. The van der Waals surface area contributed by atoms with Crippen LogP contribution in [0.15, 0.2) is 23.1 Å². The summed E-state index contributed by atoms with van der Waals surface area (Å²) in [5.41, 5.74) is 1.89. The minimum Gasteiger partial charge on any atom is -0.477 e. The van der Waals surface area contributed by atoms with Crippen molar-refractivity contribution >= 4 is 16.9 Å². The highest BCUT2D eigenvalue weighted by atomic mass is 16.5. The molecule has 1 heterocycles. The quantitative estimate of drug-likeness (QED) is 0.493. The van der Waals surface area contributed by atoms with Gasteiger partial charge in [-0.2, -0.15) is 5.26 Å². The first kappa shape index (κ1) is 22.6. The van der Waals surface area contributed by atoms with Gasteiger partial charge < -0.3 is 24.3 Å². The number of fused-ring (bicyclic) bond motifs is 1. The van der Waals surface area contributed by atoms with Crippen molar-refractivity contribution in [2.24, 2.45) is 0 Å². The van der Waals surface area contributed by atoms with E-state index < -0.39 is 11.4 Å². The molecule has 8 nitrogen and oxygen atoms in total. The minimum atomic E-state index is -1.25. The van der Waals surface area contributed by atoms with E-state index in [1.54, 1.807) is 13.2 Å². The van der Waals surface area contributed by atoms with Crippen LogP contribution in [-0.4, -0.2) is 56.2 Å². The van der Waals surface area contributed by atoms with Gasteiger partial charge in [0, 0.05) is 30.8 Å². The maximum Gasteiger partial charge on any atom is 0.341 e. The van der Waals surface area contributed by atoms with Gasteiger partial charge in [-0.3, -0.25) is 4.79 Å². The van der Waals surface area contributed by atoms with Gasteiger partial charge in [-0.15, -0.1) is 0 Å². The van der Waals surface area contributed by atoms with Crippen molar-refractivity contribution < 1.29 is 24.1 Å². The highest BCUT2D eigenvalue weighted by Crippen LogP contribution is 2.19. The molecule has 0 aliphatic heterocycles. The van der Waals surface area contributed by atoms with Gasteiger partial charge in [0.2, 0.25) is 5.43 Å². The number of aromatic nitrogens is 1. The SMILES string of the molecule is COCCc1cc2[nH]cc(C(=O)O)c(=O)c2cc1CCCOCCOCCC#N. The smallest absolute Gasteiger partial charge is 0.341 e. The molecule has 0 atom stereocenters. The van der Waals surface area contributed by atoms with Gasteiger partial charge in [0.05, 0.1) is 38.9 Å². The molecule has 8 heteroatoms. The van der Waals surface area contributed by atoms with Gasteiger partial charge in [-0.05, 0) is 42.5 Å². The van der Waals surface area contributed by atoms with Crippen LogP contribution < -0.4 is 5.43 Å². The van der Waals surface area contributed by atoms with Crippen molar-refractivity contribution in [3.63, 3.8) is 0 Å². The number of aromatic carboxylic acids is 1. The Hall–Kier alpha value is -2.73. The average Bonchev–Trinajstić information content (AvgIpc) is 2.71. The average molecular weight is 402 g/mol. The first-order chi connectivity index (χ1) is 14.1. The highest BCUT2D eigenvalue weighted by Gasteiger charge is 2.14. The Morgan fingerprint density at radius 2 is 1.83 bits per heavy atom. The van der Waals surface area contributed by atoms with E-state index >= 15 is 0 Å². The third-order valence-corrected chi connectivity index (χ3v) is 4.47. The molecule has 0 radical (unpaired) electrons. The van der Waals surface area contributed by atoms with Gasteiger partial charge in [-0.25, -0.2) is 4.79 Å². The number of hydrogen-bond acceptors (Lipinski definition) is 6. The topological polar surface area (TPSA) is 122 Å². The van der Waals surface area contributed by atoms with Gasteiger partial charge >= 0.3 is 5.97 Å². The minimum absolute atomic E-state index is 0.271. The molecule has 0 unspecified atom stereocenters. The number of hydrogen-bond donors (Lipinski definition) is 2. The first-order valence-electron chi connectivity index (χ1n) is 9.50. The lowest BCUT2D eigenvalue weighted by Gasteiger charge is -2.12. The van der Waals surface area contributed by atoms with E-state index in [9.17, 15) is 14.7 Å². The monoisotopic (exact) mass is 402 g/mol. The van der Waals surface area contributed by atoms with Crippen LogP contribution in [-0.2, 0) is 27.1 Å². The summed E-state index contributed by atoms with van der Waals surface area (Å²) in [5.74, 6) is -1.25. The summed E-state index contributed by atoms with van der Waals surface area (Å²) in [7, 11) is 1.63. The predicted molar refractivity (Wildman–Crippen MR) is 107 cm³/mol. The molecular formula is C21H26N2O6. The summed E-state index contributed by atoms with van der Waals surface area (Å²) < 4.78 is 16.0. The maximum atomic E-state index is 12.5. The van der Waals surface area contributed by atoms with Crippen molar-refractivity contribution in [2.75, 3.05) is 40.1 Å². The Morgan fingerprint density at radius 3 is 2.52 bits per heavy atom. The molecule has 0 saturated carbocycles. The van der Waals surface area contributed by atoms with E-state index in [1.165, 1.54) is 6.20 Å². The van der Waals surface area contributed by atoms with Crippen molar-refractivity contribution in [3.8, 4) is 6.07 Å². The third kappa shape index (κ3) is 6.68. The Balaban J connectivity index is 2.05. The number of carboxylic acids is 1. The molecule has 0 spiro atoms. The molecule has 0 amide bonds. The van der Waals surface area contributed by atoms with Crippen molar-refractivity contribution in [3.05, 3.63) is 45.2 Å². The number of nitrogens with one attached hydrogen (secondary N) is 1. The molecule has 0 saturated heterocycles. The number of ether oxygens (including phenoxy) is 3. The number of carbonyl (C=O) groups is 1. The molecule has 1 aromatic heterocycles. The lowest BCUT2D eigenvalue weighted by molar-refractivity contribution is 0.0490. The largest absolute Gasteiger partial charge is 0.477 e. The fourth-order valence-corrected chi connectivity index (χ4v) is 3.00. The van der Waals surface area contributed by atoms with Gasteiger partial charge in [-0.1, -0.05) is 0 Å². The van der Waals surface area contributed by atoms with Crippen molar-refractivity contribution in [1.29, 1.82) is 5.26 Å². The molecule has 0 bridgehead atoms. The number of aromatic amines is 1. The molecule has 0 fully saturated rings. The van der Waals surface area contributed by atoms with Crippen LogP contribution in [0.5, 0.6) is 0 Å². The zero-order chi connectivity index (χ0) is 21.1. The number of aryl methyl sites for hydroxylation is 1. The molecule has 156 valence electrons. The first-order valence-corrected chi connectivity index (χ1v) is 9.50. The Bertz CT molecular complexity index is 916. The lowest BCUT2D eigenvalue weighted by Crippen LogP contribution is -2.16. The highest BCUT2D eigenvalue weighted by molar-refractivity contribution is 5.92. The number of nitriles is 1. The maximum absolute atomic E-state index is 12.5. The number of rotatable bonds is 13. The number of nitrogens with zero attached hydrogens (tertiary/aromatic N) is 1. The summed E-state index contributed by atoms with van der Waals surface area (Å²) >= 11 is 0. The molecule has 2 aromatic rings. The number of pyridine rings is 1. The summed E-state index contributed by atoms with van der Waals surface area (Å²) in [6.07, 6.45) is 3.74. The summed E-state index contributed by atoms with van der Waals surface area (Å²) in [6.45, 7) is 2.40. The number of methoxy groups -OCH3 is 1. The standard InChI is InChI=1S/C21H26N2O6/c1-27-9-5-16-13-19-17(20(24)18(14-23-19)21(25)26)12-15(16)4-2-7-28-10-11-29-8-3-6-22/h12-14H,2-5,7-11H2,1H3,(H,23,24)(H,25,26). The Labute approximate surface area is 169 Å². The third-order valence-electron chi connectivity index (χ3n) is 4.47. The van der Waals surface area contributed by atoms with E-state index in [4.69, 9.17) is 19.5 Å². The Morgan fingerprint density at radius 1 is 1.10 bits per heavy atom. The second-order valence-electron chi connectivity index (χ2n) is 6.48. The number of carboxylic acid groups (broad SMARTS) is 1. The van der Waals surface area contributed by atoms with E-state index in [1.807, 2.05) is 12.1 Å². The summed E-state index contributed by atoms with van der Waals surface area (Å²) in [5, 5.41) is 18.0. The van der Waals surface area contributed by atoms with Crippen LogP contribution in [0, 0.1) is 11.3 Å². The molecule has 29 heavy (non-hydrogen) atoms. The second-order valence-corrected chi connectivity index (χ2v) is 6.48. The van der Waals surface area contributed by atoms with Crippen LogP contribution >= 0.6 is 0 Å². The van der Waals surface area contributed by atoms with Crippen LogP contribution in [0.3, 0.4) is 0 Å². The zero-order valence-corrected chi connectivity index (χ0v) is 16.5. The van der Waals surface area contributed by atoms with Gasteiger partial charge in [0.1, 0.15) is 5.56 Å². The van der Waals surface area contributed by atoms with Crippen LogP contribution in [0.1, 0.15) is 34.3 Å². The molecule has 1 aromatic carbocycles. The second kappa shape index (κ2) is 12.0. The summed E-state index contributed by atoms with van der Waals surface area (Å²) in [6, 6.07) is 5.68. The number of H-pyrrole nitrogens is 1. The van der Waals surface area contributed by atoms with E-state index in [2.05, 4.69) is 4.98 Å². The Kier molecular flexibility index (Phi) is 9.31. The van der Waals surface area contributed by atoms with Crippen LogP contribution in [0.2, 0.25) is 0 Å². The summed E-state index contributed by atoms with van der Waals surface area (Å²) in [4.78, 5) is 26.6. The zero-order valence-electron chi connectivity index (χ0n) is 16.5. The normalized spacial score (nSPS) is 10.9. The molecular weight excluding hydrogens is 376 g/mol. The van der Waals surface area contributed by atoms with E-state index in [-0.39, 0.29) is 5.56 Å². The van der Waals surface area contributed by atoms with E-state index in [0.29, 0.717) is 63.2 Å². The fraction of sp³-hybridized carbons (Fsp3) is 0.476. The predicted octanol–water partition coefficient (Wildman–Crippen LogP) is 2.29. The van der Waals surface area contributed by atoms with Crippen molar-refractivity contribution in [2.45, 2.75) is 25.7 Å². The van der Waals surface area contributed by atoms with Gasteiger partial charge in [0.15, 0.2) is 0 Å². The molecule has 2 N–H and O–H groups in total. The molecule has 2 rings (SSSR count). The van der Waals surface area contributed by atoms with E-state index in [0.717, 1.165) is 17.5 Å². The molecule has 0 aliphatic rings.